The van der Waals surface area contributed by atoms with Crippen LogP contribution in [0.15, 0.2) is 54.6 Å². The summed E-state index contributed by atoms with van der Waals surface area (Å²) < 4.78 is 18.4. The number of ether oxygens (including phenoxy) is 1. The van der Waals surface area contributed by atoms with Gasteiger partial charge in [0.2, 0.25) is 0 Å². The maximum absolute atomic E-state index is 13.3. The second-order valence-corrected chi connectivity index (χ2v) is 6.53. The monoisotopic (exact) mass is 352 g/mol. The van der Waals surface area contributed by atoms with Crippen molar-refractivity contribution in [2.75, 3.05) is 6.61 Å². The number of rotatable bonds is 4. The average Bonchev–Trinajstić information content (AvgIpc) is 2.62. The molecule has 4 heteroatoms. The van der Waals surface area contributed by atoms with E-state index >= 15 is 0 Å². The zero-order chi connectivity index (χ0) is 18.7. The van der Waals surface area contributed by atoms with Gasteiger partial charge in [-0.05, 0) is 55.2 Å². The third-order valence-electron chi connectivity index (χ3n) is 4.73. The van der Waals surface area contributed by atoms with E-state index < -0.39 is 11.9 Å². The van der Waals surface area contributed by atoms with Crippen molar-refractivity contribution in [1.82, 2.24) is 0 Å². The first-order valence-corrected chi connectivity index (χ1v) is 8.73. The number of ketones is 1. The molecule has 3 rings (SSSR count). The third kappa shape index (κ3) is 3.74. The molecular formula is C22H21FO3. The molecule has 0 amide bonds. The summed E-state index contributed by atoms with van der Waals surface area (Å²) in [4.78, 5) is 25.2. The molecule has 0 spiro atoms. The lowest BCUT2D eigenvalue weighted by Gasteiger charge is -2.29. The second kappa shape index (κ2) is 7.65. The fourth-order valence-electron chi connectivity index (χ4n) is 3.38. The Balaban J connectivity index is 2.01. The molecule has 26 heavy (non-hydrogen) atoms. The lowest BCUT2D eigenvalue weighted by Crippen LogP contribution is -2.34. The molecule has 0 N–H and O–H groups in total. The molecule has 0 saturated carbocycles. The predicted octanol–water partition coefficient (Wildman–Crippen LogP) is 4.45. The molecule has 0 fully saturated rings. The van der Waals surface area contributed by atoms with E-state index in [2.05, 4.69) is 0 Å². The summed E-state index contributed by atoms with van der Waals surface area (Å²) in [5.74, 6) is -2.40. The first-order chi connectivity index (χ1) is 12.5. The topological polar surface area (TPSA) is 43.4 Å². The molecule has 0 bridgehead atoms. The van der Waals surface area contributed by atoms with Gasteiger partial charge < -0.3 is 4.74 Å². The number of aryl methyl sites for hydroxylation is 1. The van der Waals surface area contributed by atoms with Gasteiger partial charge in [0, 0.05) is 5.92 Å². The van der Waals surface area contributed by atoms with Crippen molar-refractivity contribution < 1.29 is 18.7 Å². The molecule has 3 nitrogen and oxygen atoms in total. The highest BCUT2D eigenvalue weighted by Gasteiger charge is 2.39. The van der Waals surface area contributed by atoms with Gasteiger partial charge in [0.1, 0.15) is 11.7 Å². The van der Waals surface area contributed by atoms with Crippen LogP contribution in [0.25, 0.3) is 5.57 Å². The standard InChI is InChI=1S/C22H21FO3/c1-3-26-22(25)21-19(16-8-10-18(23)11-9-16)12-17(13-20(21)24)15-6-4-14(2)5-7-15/h4-11,13,19,21H,3,12H2,1-2H3. The Morgan fingerprint density at radius 3 is 2.38 bits per heavy atom. The van der Waals surface area contributed by atoms with Gasteiger partial charge in [0.15, 0.2) is 5.78 Å². The molecule has 0 aromatic heterocycles. The Bertz CT molecular complexity index is 835. The molecule has 0 heterocycles. The molecule has 2 aromatic carbocycles. The second-order valence-electron chi connectivity index (χ2n) is 6.53. The lowest BCUT2D eigenvalue weighted by molar-refractivity contribution is -0.151. The highest BCUT2D eigenvalue weighted by molar-refractivity contribution is 6.10. The Morgan fingerprint density at radius 2 is 1.77 bits per heavy atom. The number of hydrogen-bond acceptors (Lipinski definition) is 3. The number of carbonyl (C=O) groups is 2. The zero-order valence-corrected chi connectivity index (χ0v) is 14.9. The summed E-state index contributed by atoms with van der Waals surface area (Å²) >= 11 is 0. The predicted molar refractivity (Wildman–Crippen MR) is 98.0 cm³/mol. The van der Waals surface area contributed by atoms with Crippen LogP contribution in [-0.4, -0.2) is 18.4 Å². The quantitative estimate of drug-likeness (QED) is 0.603. The third-order valence-corrected chi connectivity index (χ3v) is 4.73. The molecule has 1 aliphatic carbocycles. The van der Waals surface area contributed by atoms with Crippen LogP contribution in [0.5, 0.6) is 0 Å². The summed E-state index contributed by atoms with van der Waals surface area (Å²) in [6.45, 7) is 3.93. The van der Waals surface area contributed by atoms with Gasteiger partial charge in [-0.25, -0.2) is 4.39 Å². The summed E-state index contributed by atoms with van der Waals surface area (Å²) in [6.07, 6.45) is 2.07. The average molecular weight is 352 g/mol. The first-order valence-electron chi connectivity index (χ1n) is 8.73. The summed E-state index contributed by atoms with van der Waals surface area (Å²) in [5, 5.41) is 0. The van der Waals surface area contributed by atoms with Crippen molar-refractivity contribution in [1.29, 1.82) is 0 Å². The van der Waals surface area contributed by atoms with Crippen LogP contribution in [0.2, 0.25) is 0 Å². The maximum atomic E-state index is 13.3. The van der Waals surface area contributed by atoms with Gasteiger partial charge in [-0.15, -0.1) is 0 Å². The molecule has 0 saturated heterocycles. The van der Waals surface area contributed by atoms with Crippen molar-refractivity contribution >= 4 is 17.3 Å². The first kappa shape index (κ1) is 18.1. The molecule has 2 unspecified atom stereocenters. The number of hydrogen-bond donors (Lipinski definition) is 0. The normalized spacial score (nSPS) is 19.8. The van der Waals surface area contributed by atoms with Crippen LogP contribution in [-0.2, 0) is 14.3 Å². The summed E-state index contributed by atoms with van der Waals surface area (Å²) in [6, 6.07) is 13.9. The van der Waals surface area contributed by atoms with Crippen molar-refractivity contribution in [2.24, 2.45) is 5.92 Å². The molecule has 0 radical (unpaired) electrons. The minimum Gasteiger partial charge on any atom is -0.465 e. The Labute approximate surface area is 152 Å². The van der Waals surface area contributed by atoms with Crippen molar-refractivity contribution in [3.05, 3.63) is 77.1 Å². The van der Waals surface area contributed by atoms with E-state index in [0.717, 1.165) is 22.3 Å². The molecule has 2 atom stereocenters. The molecule has 134 valence electrons. The number of esters is 1. The van der Waals surface area contributed by atoms with Crippen LogP contribution in [0, 0.1) is 18.7 Å². The fraction of sp³-hybridized carbons (Fsp3) is 0.273. The van der Waals surface area contributed by atoms with Gasteiger partial charge in [-0.3, -0.25) is 9.59 Å². The van der Waals surface area contributed by atoms with Gasteiger partial charge in [0.25, 0.3) is 0 Å². The van der Waals surface area contributed by atoms with Gasteiger partial charge in [-0.1, -0.05) is 42.0 Å². The Morgan fingerprint density at radius 1 is 1.12 bits per heavy atom. The summed E-state index contributed by atoms with van der Waals surface area (Å²) in [7, 11) is 0. The van der Waals surface area contributed by atoms with Crippen molar-refractivity contribution in [3.8, 4) is 0 Å². The lowest BCUT2D eigenvalue weighted by atomic mass is 9.73. The highest BCUT2D eigenvalue weighted by atomic mass is 19.1. The van der Waals surface area contributed by atoms with Crippen LogP contribution in [0.3, 0.4) is 0 Å². The van der Waals surface area contributed by atoms with Crippen LogP contribution in [0.1, 0.15) is 36.0 Å². The minimum atomic E-state index is -0.894. The number of carbonyl (C=O) groups excluding carboxylic acids is 2. The smallest absolute Gasteiger partial charge is 0.317 e. The molecular weight excluding hydrogens is 331 g/mol. The van der Waals surface area contributed by atoms with Gasteiger partial charge in [0.05, 0.1) is 6.61 Å². The van der Waals surface area contributed by atoms with Crippen LogP contribution >= 0.6 is 0 Å². The number of halogens is 1. The molecule has 1 aliphatic rings. The van der Waals surface area contributed by atoms with E-state index in [0.29, 0.717) is 6.42 Å². The van der Waals surface area contributed by atoms with Crippen LogP contribution < -0.4 is 0 Å². The van der Waals surface area contributed by atoms with E-state index in [1.807, 2.05) is 31.2 Å². The Kier molecular flexibility index (Phi) is 5.31. The van der Waals surface area contributed by atoms with Crippen molar-refractivity contribution in [3.63, 3.8) is 0 Å². The van der Waals surface area contributed by atoms with Gasteiger partial charge >= 0.3 is 5.97 Å². The van der Waals surface area contributed by atoms with E-state index in [9.17, 15) is 14.0 Å². The van der Waals surface area contributed by atoms with E-state index in [4.69, 9.17) is 4.74 Å². The largest absolute Gasteiger partial charge is 0.465 e. The fourth-order valence-corrected chi connectivity index (χ4v) is 3.38. The van der Waals surface area contributed by atoms with E-state index in [1.165, 1.54) is 12.1 Å². The van der Waals surface area contributed by atoms with E-state index in [1.54, 1.807) is 25.1 Å². The van der Waals surface area contributed by atoms with E-state index in [-0.39, 0.29) is 24.1 Å². The zero-order valence-electron chi connectivity index (χ0n) is 14.9. The van der Waals surface area contributed by atoms with Crippen LogP contribution in [0.4, 0.5) is 4.39 Å². The molecule has 2 aromatic rings. The maximum Gasteiger partial charge on any atom is 0.317 e. The van der Waals surface area contributed by atoms with Gasteiger partial charge in [-0.2, -0.15) is 0 Å². The number of allylic oxidation sites excluding steroid dienone is 2. The summed E-state index contributed by atoms with van der Waals surface area (Å²) in [5.41, 5.74) is 3.73. The molecule has 0 aliphatic heterocycles. The SMILES string of the molecule is CCOC(=O)C1C(=O)C=C(c2ccc(C)cc2)CC1c1ccc(F)cc1. The minimum absolute atomic E-state index is 0.216. The Hall–Kier alpha value is -2.75. The number of benzene rings is 2. The highest BCUT2D eigenvalue weighted by Crippen LogP contribution is 2.40. The van der Waals surface area contributed by atoms with Crippen molar-refractivity contribution in [2.45, 2.75) is 26.2 Å².